The maximum atomic E-state index is 3.53. The van der Waals surface area contributed by atoms with Crippen molar-refractivity contribution in [2.75, 3.05) is 40.3 Å². The fourth-order valence-electron chi connectivity index (χ4n) is 1.68. The zero-order valence-electron chi connectivity index (χ0n) is 8.97. The highest BCUT2D eigenvalue weighted by molar-refractivity contribution is 4.74. The van der Waals surface area contributed by atoms with Gasteiger partial charge in [0, 0.05) is 25.7 Å². The molecule has 1 aliphatic heterocycles. The molecule has 1 heterocycles. The lowest BCUT2D eigenvalue weighted by Crippen LogP contribution is -2.43. The van der Waals surface area contributed by atoms with Gasteiger partial charge in [-0.3, -0.25) is 0 Å². The van der Waals surface area contributed by atoms with Gasteiger partial charge in [-0.1, -0.05) is 6.42 Å². The van der Waals surface area contributed by atoms with Gasteiger partial charge < -0.3 is 15.5 Å². The first-order valence-electron chi connectivity index (χ1n) is 5.38. The number of rotatable bonds is 5. The SMILES string of the molecule is CN(C)CCNCC1CCCCN1. The summed E-state index contributed by atoms with van der Waals surface area (Å²) in [4.78, 5) is 2.21. The van der Waals surface area contributed by atoms with E-state index in [9.17, 15) is 0 Å². The van der Waals surface area contributed by atoms with Gasteiger partial charge in [-0.25, -0.2) is 0 Å². The van der Waals surface area contributed by atoms with E-state index in [4.69, 9.17) is 0 Å². The van der Waals surface area contributed by atoms with E-state index < -0.39 is 0 Å². The normalized spacial score (nSPS) is 23.8. The molecule has 1 atom stereocenters. The van der Waals surface area contributed by atoms with Crippen LogP contribution in [0.15, 0.2) is 0 Å². The highest BCUT2D eigenvalue weighted by Gasteiger charge is 2.10. The lowest BCUT2D eigenvalue weighted by Gasteiger charge is -2.24. The van der Waals surface area contributed by atoms with Gasteiger partial charge in [-0.15, -0.1) is 0 Å². The Labute approximate surface area is 81.9 Å². The third kappa shape index (κ3) is 5.24. The summed E-state index contributed by atoms with van der Waals surface area (Å²) < 4.78 is 0. The van der Waals surface area contributed by atoms with Gasteiger partial charge in [0.25, 0.3) is 0 Å². The first kappa shape index (κ1) is 11.0. The van der Waals surface area contributed by atoms with Crippen molar-refractivity contribution in [3.8, 4) is 0 Å². The Balaban J connectivity index is 1.92. The zero-order chi connectivity index (χ0) is 9.52. The molecule has 0 amide bonds. The molecule has 0 saturated carbocycles. The number of hydrogen-bond donors (Lipinski definition) is 2. The molecule has 0 aromatic rings. The number of hydrogen-bond acceptors (Lipinski definition) is 3. The molecule has 1 saturated heterocycles. The van der Waals surface area contributed by atoms with E-state index in [1.165, 1.54) is 25.8 Å². The highest BCUT2D eigenvalue weighted by Crippen LogP contribution is 2.05. The van der Waals surface area contributed by atoms with Crippen LogP contribution in [0.3, 0.4) is 0 Å². The van der Waals surface area contributed by atoms with Crippen molar-refractivity contribution in [2.45, 2.75) is 25.3 Å². The second kappa shape index (κ2) is 6.35. The Morgan fingerprint density at radius 3 is 2.85 bits per heavy atom. The molecule has 1 rings (SSSR count). The van der Waals surface area contributed by atoms with Crippen molar-refractivity contribution in [3.63, 3.8) is 0 Å². The highest BCUT2D eigenvalue weighted by atomic mass is 15.1. The third-order valence-corrected chi connectivity index (χ3v) is 2.54. The van der Waals surface area contributed by atoms with Crippen molar-refractivity contribution < 1.29 is 0 Å². The summed E-state index contributed by atoms with van der Waals surface area (Å²) in [5.74, 6) is 0. The van der Waals surface area contributed by atoms with Crippen LogP contribution >= 0.6 is 0 Å². The van der Waals surface area contributed by atoms with Gasteiger partial charge in [0.15, 0.2) is 0 Å². The maximum absolute atomic E-state index is 3.53. The lowest BCUT2D eigenvalue weighted by atomic mass is 10.1. The Hall–Kier alpha value is -0.120. The van der Waals surface area contributed by atoms with Crippen LogP contribution in [-0.2, 0) is 0 Å². The van der Waals surface area contributed by atoms with E-state index in [0.717, 1.165) is 25.7 Å². The van der Waals surface area contributed by atoms with Crippen LogP contribution in [0.25, 0.3) is 0 Å². The Bertz CT molecular complexity index is 119. The molecule has 1 fully saturated rings. The summed E-state index contributed by atoms with van der Waals surface area (Å²) in [5, 5.41) is 7.01. The number of nitrogens with one attached hydrogen (secondary N) is 2. The molecule has 0 aromatic carbocycles. The number of likely N-dealkylation sites (N-methyl/N-ethyl adjacent to an activating group) is 1. The summed E-state index contributed by atoms with van der Waals surface area (Å²) in [6.45, 7) is 4.58. The van der Waals surface area contributed by atoms with E-state index >= 15 is 0 Å². The second-order valence-electron chi connectivity index (χ2n) is 4.15. The quantitative estimate of drug-likeness (QED) is 0.603. The first-order chi connectivity index (χ1) is 6.29. The van der Waals surface area contributed by atoms with Gasteiger partial charge in [0.2, 0.25) is 0 Å². The van der Waals surface area contributed by atoms with E-state index in [0.29, 0.717) is 0 Å². The summed E-state index contributed by atoms with van der Waals surface area (Å²) in [6, 6.07) is 0.718. The van der Waals surface area contributed by atoms with E-state index in [2.05, 4.69) is 29.6 Å². The molecule has 78 valence electrons. The predicted octanol–water partition coefficient (Wildman–Crippen LogP) is 0.280. The Morgan fingerprint density at radius 1 is 1.38 bits per heavy atom. The fraction of sp³-hybridized carbons (Fsp3) is 1.00. The van der Waals surface area contributed by atoms with Crippen molar-refractivity contribution >= 4 is 0 Å². The molecule has 13 heavy (non-hydrogen) atoms. The van der Waals surface area contributed by atoms with Crippen molar-refractivity contribution in [2.24, 2.45) is 0 Å². The summed E-state index contributed by atoms with van der Waals surface area (Å²) >= 11 is 0. The van der Waals surface area contributed by atoms with Crippen LogP contribution in [-0.4, -0.2) is 51.2 Å². The van der Waals surface area contributed by atoms with Crippen molar-refractivity contribution in [3.05, 3.63) is 0 Å². The fourth-order valence-corrected chi connectivity index (χ4v) is 1.68. The van der Waals surface area contributed by atoms with Crippen molar-refractivity contribution in [1.29, 1.82) is 0 Å². The maximum Gasteiger partial charge on any atom is 0.0192 e. The van der Waals surface area contributed by atoms with E-state index in [-0.39, 0.29) is 0 Å². The molecule has 0 radical (unpaired) electrons. The lowest BCUT2D eigenvalue weighted by molar-refractivity contribution is 0.361. The van der Waals surface area contributed by atoms with Crippen LogP contribution in [0.1, 0.15) is 19.3 Å². The second-order valence-corrected chi connectivity index (χ2v) is 4.15. The zero-order valence-corrected chi connectivity index (χ0v) is 8.97. The molecule has 0 bridgehead atoms. The first-order valence-corrected chi connectivity index (χ1v) is 5.38. The van der Waals surface area contributed by atoms with Crippen LogP contribution in [0.4, 0.5) is 0 Å². The molecule has 3 nitrogen and oxygen atoms in total. The standard InChI is InChI=1S/C10H23N3/c1-13(2)8-7-11-9-10-5-3-4-6-12-10/h10-12H,3-9H2,1-2H3. The Kier molecular flexibility index (Phi) is 5.35. The molecule has 1 unspecified atom stereocenters. The van der Waals surface area contributed by atoms with E-state index in [1.807, 2.05) is 0 Å². The third-order valence-electron chi connectivity index (χ3n) is 2.54. The van der Waals surface area contributed by atoms with Crippen LogP contribution < -0.4 is 10.6 Å². The van der Waals surface area contributed by atoms with Gasteiger partial charge >= 0.3 is 0 Å². The molecule has 0 spiro atoms. The summed E-state index contributed by atoms with van der Waals surface area (Å²) in [5.41, 5.74) is 0. The molecular formula is C10H23N3. The molecular weight excluding hydrogens is 162 g/mol. The minimum atomic E-state index is 0.718. The Morgan fingerprint density at radius 2 is 2.23 bits per heavy atom. The molecule has 2 N–H and O–H groups in total. The van der Waals surface area contributed by atoms with Crippen LogP contribution in [0.2, 0.25) is 0 Å². The largest absolute Gasteiger partial charge is 0.314 e. The van der Waals surface area contributed by atoms with Gasteiger partial charge in [0.05, 0.1) is 0 Å². The molecule has 1 aliphatic rings. The van der Waals surface area contributed by atoms with Crippen LogP contribution in [0, 0.1) is 0 Å². The monoisotopic (exact) mass is 185 g/mol. The predicted molar refractivity (Wildman–Crippen MR) is 57.1 cm³/mol. The average Bonchev–Trinajstić information content (AvgIpc) is 2.14. The smallest absolute Gasteiger partial charge is 0.0192 e. The summed E-state index contributed by atoms with van der Waals surface area (Å²) in [6.07, 6.45) is 4.09. The van der Waals surface area contributed by atoms with Gasteiger partial charge in [-0.05, 0) is 33.5 Å². The van der Waals surface area contributed by atoms with Gasteiger partial charge in [-0.2, -0.15) is 0 Å². The average molecular weight is 185 g/mol. The minimum absolute atomic E-state index is 0.718. The molecule has 3 heteroatoms. The topological polar surface area (TPSA) is 27.3 Å². The van der Waals surface area contributed by atoms with Gasteiger partial charge in [0.1, 0.15) is 0 Å². The number of nitrogens with zero attached hydrogens (tertiary/aromatic N) is 1. The van der Waals surface area contributed by atoms with E-state index in [1.54, 1.807) is 0 Å². The summed E-state index contributed by atoms with van der Waals surface area (Å²) in [7, 11) is 4.22. The van der Waals surface area contributed by atoms with Crippen molar-refractivity contribution in [1.82, 2.24) is 15.5 Å². The number of piperidine rings is 1. The van der Waals surface area contributed by atoms with Crippen LogP contribution in [0.5, 0.6) is 0 Å². The molecule has 0 aromatic heterocycles. The minimum Gasteiger partial charge on any atom is -0.314 e. The molecule has 0 aliphatic carbocycles.